The molecule has 1 amide bonds. The van der Waals surface area contributed by atoms with Gasteiger partial charge in [0.15, 0.2) is 0 Å². The van der Waals surface area contributed by atoms with E-state index in [1.807, 2.05) is 34.6 Å². The maximum absolute atomic E-state index is 12.3. The van der Waals surface area contributed by atoms with Crippen molar-refractivity contribution in [2.24, 2.45) is 17.8 Å². The summed E-state index contributed by atoms with van der Waals surface area (Å²) < 4.78 is 10.4. The fraction of sp³-hybridized carbons (Fsp3) is 0.857. The monoisotopic (exact) mass is 271 g/mol. The van der Waals surface area contributed by atoms with Crippen molar-refractivity contribution >= 4 is 11.9 Å². The number of hydrogen-bond acceptors (Lipinski definition) is 4. The standard InChI is InChI=1S/C14H25NO4/c1-7(2)12(14(17)18-6)15-13(16)11-8(3)9(4)19-10(11)5/h7-12H,1-6H3,(H,15,16). The van der Waals surface area contributed by atoms with Gasteiger partial charge < -0.3 is 14.8 Å². The average molecular weight is 271 g/mol. The van der Waals surface area contributed by atoms with Crippen LogP contribution >= 0.6 is 0 Å². The van der Waals surface area contributed by atoms with Gasteiger partial charge in [0.1, 0.15) is 6.04 Å². The lowest BCUT2D eigenvalue weighted by Crippen LogP contribution is -2.49. The summed E-state index contributed by atoms with van der Waals surface area (Å²) in [5.41, 5.74) is 0. The van der Waals surface area contributed by atoms with Crippen LogP contribution in [0.5, 0.6) is 0 Å². The fourth-order valence-electron chi connectivity index (χ4n) is 2.59. The Balaban J connectivity index is 2.75. The molecule has 1 aliphatic heterocycles. The summed E-state index contributed by atoms with van der Waals surface area (Å²) >= 11 is 0. The van der Waals surface area contributed by atoms with Gasteiger partial charge in [0, 0.05) is 0 Å². The van der Waals surface area contributed by atoms with Crippen molar-refractivity contribution in [1.29, 1.82) is 0 Å². The largest absolute Gasteiger partial charge is 0.467 e. The van der Waals surface area contributed by atoms with Crippen LogP contribution in [0.15, 0.2) is 0 Å². The highest BCUT2D eigenvalue weighted by atomic mass is 16.5. The first-order valence-electron chi connectivity index (χ1n) is 6.83. The Morgan fingerprint density at radius 2 is 1.74 bits per heavy atom. The Morgan fingerprint density at radius 3 is 2.11 bits per heavy atom. The Morgan fingerprint density at radius 1 is 1.16 bits per heavy atom. The van der Waals surface area contributed by atoms with E-state index in [0.29, 0.717) is 0 Å². The molecule has 5 nitrogen and oxygen atoms in total. The van der Waals surface area contributed by atoms with Gasteiger partial charge in [-0.15, -0.1) is 0 Å². The minimum absolute atomic E-state index is 0.0123. The van der Waals surface area contributed by atoms with Gasteiger partial charge in [0.05, 0.1) is 25.2 Å². The number of rotatable bonds is 4. The maximum atomic E-state index is 12.3. The van der Waals surface area contributed by atoms with E-state index in [2.05, 4.69) is 5.32 Å². The van der Waals surface area contributed by atoms with Crippen LogP contribution in [0.25, 0.3) is 0 Å². The van der Waals surface area contributed by atoms with Crippen molar-refractivity contribution in [3.05, 3.63) is 0 Å². The molecule has 0 bridgehead atoms. The van der Waals surface area contributed by atoms with Gasteiger partial charge in [-0.2, -0.15) is 0 Å². The molecule has 5 heteroatoms. The quantitative estimate of drug-likeness (QED) is 0.784. The van der Waals surface area contributed by atoms with Gasteiger partial charge in [-0.3, -0.25) is 4.79 Å². The van der Waals surface area contributed by atoms with Crippen molar-refractivity contribution < 1.29 is 19.1 Å². The highest BCUT2D eigenvalue weighted by Crippen LogP contribution is 2.32. The van der Waals surface area contributed by atoms with Crippen molar-refractivity contribution in [1.82, 2.24) is 5.32 Å². The number of hydrogen-bond donors (Lipinski definition) is 1. The first-order valence-corrected chi connectivity index (χ1v) is 6.83. The summed E-state index contributed by atoms with van der Waals surface area (Å²) in [4.78, 5) is 24.0. The van der Waals surface area contributed by atoms with Gasteiger partial charge in [0.25, 0.3) is 0 Å². The van der Waals surface area contributed by atoms with E-state index < -0.39 is 12.0 Å². The number of ether oxygens (including phenoxy) is 2. The van der Waals surface area contributed by atoms with E-state index in [9.17, 15) is 9.59 Å². The molecule has 5 unspecified atom stereocenters. The molecule has 110 valence electrons. The van der Waals surface area contributed by atoms with Crippen molar-refractivity contribution in [3.63, 3.8) is 0 Å². The fourth-order valence-corrected chi connectivity index (χ4v) is 2.59. The molecular formula is C14H25NO4. The molecule has 1 N–H and O–H groups in total. The van der Waals surface area contributed by atoms with Gasteiger partial charge in [0.2, 0.25) is 5.91 Å². The number of nitrogens with one attached hydrogen (secondary N) is 1. The van der Waals surface area contributed by atoms with E-state index in [4.69, 9.17) is 9.47 Å². The molecule has 0 saturated carbocycles. The predicted molar refractivity (Wildman–Crippen MR) is 71.4 cm³/mol. The lowest BCUT2D eigenvalue weighted by atomic mass is 9.88. The summed E-state index contributed by atoms with van der Waals surface area (Å²) in [6.45, 7) is 9.62. The highest BCUT2D eigenvalue weighted by Gasteiger charge is 2.42. The van der Waals surface area contributed by atoms with Crippen molar-refractivity contribution in [2.75, 3.05) is 7.11 Å². The van der Waals surface area contributed by atoms with Crippen LogP contribution in [0.4, 0.5) is 0 Å². The van der Waals surface area contributed by atoms with Gasteiger partial charge >= 0.3 is 5.97 Å². The number of carbonyl (C=O) groups is 2. The molecular weight excluding hydrogens is 246 g/mol. The average Bonchev–Trinajstić information content (AvgIpc) is 2.58. The smallest absolute Gasteiger partial charge is 0.328 e. The number of carbonyl (C=O) groups excluding carboxylic acids is 2. The van der Waals surface area contributed by atoms with E-state index in [0.717, 1.165) is 0 Å². The number of amides is 1. The van der Waals surface area contributed by atoms with Gasteiger partial charge in [-0.05, 0) is 25.7 Å². The van der Waals surface area contributed by atoms with Crippen molar-refractivity contribution in [2.45, 2.75) is 52.9 Å². The van der Waals surface area contributed by atoms with Crippen LogP contribution in [0, 0.1) is 17.8 Å². The summed E-state index contributed by atoms with van der Waals surface area (Å²) in [7, 11) is 1.33. The first kappa shape index (κ1) is 16.0. The second-order valence-electron chi connectivity index (χ2n) is 5.68. The molecule has 5 atom stereocenters. The lowest BCUT2D eigenvalue weighted by Gasteiger charge is -2.24. The summed E-state index contributed by atoms with van der Waals surface area (Å²) in [5.74, 6) is -0.632. The maximum Gasteiger partial charge on any atom is 0.328 e. The Kier molecular flexibility index (Phi) is 5.35. The molecule has 1 saturated heterocycles. The molecule has 1 aliphatic rings. The van der Waals surface area contributed by atoms with Gasteiger partial charge in [-0.1, -0.05) is 20.8 Å². The minimum Gasteiger partial charge on any atom is -0.467 e. The number of esters is 1. The van der Waals surface area contributed by atoms with Crippen LogP contribution in [0.2, 0.25) is 0 Å². The second-order valence-corrected chi connectivity index (χ2v) is 5.68. The third-order valence-corrected chi connectivity index (χ3v) is 3.96. The van der Waals surface area contributed by atoms with Crippen LogP contribution in [0.1, 0.15) is 34.6 Å². The molecule has 1 rings (SSSR count). The first-order chi connectivity index (χ1) is 8.79. The molecule has 1 fully saturated rings. The molecule has 1 heterocycles. The SMILES string of the molecule is COC(=O)C(NC(=O)C1C(C)OC(C)C1C)C(C)C. The minimum atomic E-state index is -0.604. The van der Waals surface area contributed by atoms with E-state index >= 15 is 0 Å². The zero-order valence-corrected chi connectivity index (χ0v) is 12.6. The third-order valence-electron chi connectivity index (χ3n) is 3.96. The zero-order valence-electron chi connectivity index (χ0n) is 12.6. The highest BCUT2D eigenvalue weighted by molar-refractivity contribution is 5.86. The van der Waals surface area contributed by atoms with Crippen LogP contribution in [-0.2, 0) is 19.1 Å². The topological polar surface area (TPSA) is 64.6 Å². The van der Waals surface area contributed by atoms with E-state index in [1.165, 1.54) is 7.11 Å². The molecule has 0 aromatic rings. The molecule has 19 heavy (non-hydrogen) atoms. The molecule has 0 spiro atoms. The van der Waals surface area contributed by atoms with Gasteiger partial charge in [-0.25, -0.2) is 4.79 Å². The molecule has 0 aromatic carbocycles. The normalized spacial score (nSPS) is 32.2. The summed E-state index contributed by atoms with van der Waals surface area (Å²) in [6.07, 6.45) is -0.0724. The summed E-state index contributed by atoms with van der Waals surface area (Å²) in [5, 5.41) is 2.80. The summed E-state index contributed by atoms with van der Waals surface area (Å²) in [6, 6.07) is -0.604. The van der Waals surface area contributed by atoms with Crippen LogP contribution in [0.3, 0.4) is 0 Å². The zero-order chi connectivity index (χ0) is 14.7. The third kappa shape index (κ3) is 3.47. The predicted octanol–water partition coefficient (Wildman–Crippen LogP) is 1.36. The Bertz CT molecular complexity index is 342. The molecule has 0 aliphatic carbocycles. The van der Waals surface area contributed by atoms with Crippen LogP contribution < -0.4 is 5.32 Å². The lowest BCUT2D eigenvalue weighted by molar-refractivity contribution is -0.147. The molecule has 0 radical (unpaired) electrons. The van der Waals surface area contributed by atoms with Crippen molar-refractivity contribution in [3.8, 4) is 0 Å². The van der Waals surface area contributed by atoms with E-state index in [-0.39, 0.29) is 35.9 Å². The molecule has 0 aromatic heterocycles. The number of methoxy groups -OCH3 is 1. The Hall–Kier alpha value is -1.10. The van der Waals surface area contributed by atoms with Crippen LogP contribution in [-0.4, -0.2) is 37.2 Å². The van der Waals surface area contributed by atoms with E-state index in [1.54, 1.807) is 0 Å². The second kappa shape index (κ2) is 6.37. The Labute approximate surface area is 115 Å².